The van der Waals surface area contributed by atoms with Gasteiger partial charge < -0.3 is 5.73 Å². The molecular weight excluding hydrogens is 248 g/mol. The van der Waals surface area contributed by atoms with Gasteiger partial charge in [0.05, 0.1) is 11.4 Å². The van der Waals surface area contributed by atoms with Crippen molar-refractivity contribution in [3.8, 4) is 0 Å². The van der Waals surface area contributed by atoms with Crippen LogP contribution in [0.3, 0.4) is 0 Å². The minimum Gasteiger partial charge on any atom is -0.384 e. The predicted octanol–water partition coefficient (Wildman–Crippen LogP) is 2.87. The lowest BCUT2D eigenvalue weighted by atomic mass is 9.84. The first-order valence-corrected chi connectivity index (χ1v) is 7.35. The molecule has 0 radical (unpaired) electrons. The average molecular weight is 268 g/mol. The highest BCUT2D eigenvalue weighted by Crippen LogP contribution is 2.34. The molecule has 0 fully saturated rings. The van der Waals surface area contributed by atoms with Crippen LogP contribution in [0.15, 0.2) is 24.4 Å². The first kappa shape index (κ1) is 13.0. The van der Waals surface area contributed by atoms with Crippen molar-refractivity contribution in [2.24, 2.45) is 0 Å². The monoisotopic (exact) mass is 268 g/mol. The summed E-state index contributed by atoms with van der Waals surface area (Å²) >= 11 is 0. The maximum atomic E-state index is 5.94. The summed E-state index contributed by atoms with van der Waals surface area (Å²) in [6, 6.07) is 6.09. The fourth-order valence-electron chi connectivity index (χ4n) is 2.95. The van der Waals surface area contributed by atoms with Crippen LogP contribution in [0, 0.1) is 0 Å². The number of nitrogen functional groups attached to an aromatic ring is 1. The largest absolute Gasteiger partial charge is 0.384 e. The standard InChI is InChI=1S/C16H20N4/c1-2-5-15-19-13(10-14(17)20-15)12-8-3-6-11-7-4-9-18-16(11)12/h4,7,9-10,12H,2-3,5-6,8H2,1H3,(H2,17,19,20). The number of hydrogen-bond acceptors (Lipinski definition) is 4. The van der Waals surface area contributed by atoms with Crippen molar-refractivity contribution in [1.82, 2.24) is 15.0 Å². The van der Waals surface area contributed by atoms with Crippen molar-refractivity contribution < 1.29 is 0 Å². The number of anilines is 1. The molecule has 2 N–H and O–H groups in total. The van der Waals surface area contributed by atoms with E-state index in [2.05, 4.69) is 23.0 Å². The number of pyridine rings is 1. The molecule has 2 heterocycles. The molecule has 3 rings (SSSR count). The Kier molecular flexibility index (Phi) is 3.63. The van der Waals surface area contributed by atoms with Crippen LogP contribution in [0.4, 0.5) is 5.82 Å². The zero-order valence-electron chi connectivity index (χ0n) is 11.8. The third kappa shape index (κ3) is 2.50. The van der Waals surface area contributed by atoms with Crippen LogP contribution >= 0.6 is 0 Å². The van der Waals surface area contributed by atoms with Crippen molar-refractivity contribution >= 4 is 5.82 Å². The van der Waals surface area contributed by atoms with Crippen molar-refractivity contribution in [3.63, 3.8) is 0 Å². The third-order valence-electron chi connectivity index (χ3n) is 3.84. The summed E-state index contributed by atoms with van der Waals surface area (Å²) in [5.41, 5.74) is 9.48. The van der Waals surface area contributed by atoms with Gasteiger partial charge in [-0.05, 0) is 37.3 Å². The predicted molar refractivity (Wildman–Crippen MR) is 79.5 cm³/mol. The highest BCUT2D eigenvalue weighted by molar-refractivity contribution is 5.38. The number of aryl methyl sites for hydroxylation is 2. The van der Waals surface area contributed by atoms with Crippen molar-refractivity contribution in [3.05, 3.63) is 47.2 Å². The van der Waals surface area contributed by atoms with Crippen LogP contribution in [0.2, 0.25) is 0 Å². The molecule has 2 aromatic rings. The zero-order valence-corrected chi connectivity index (χ0v) is 11.8. The van der Waals surface area contributed by atoms with Crippen molar-refractivity contribution in [1.29, 1.82) is 0 Å². The Labute approximate surface area is 119 Å². The second-order valence-corrected chi connectivity index (χ2v) is 5.38. The molecule has 1 aliphatic rings. The molecule has 20 heavy (non-hydrogen) atoms. The summed E-state index contributed by atoms with van der Waals surface area (Å²) in [5.74, 6) is 1.69. The molecule has 0 saturated heterocycles. The van der Waals surface area contributed by atoms with Gasteiger partial charge in [0.2, 0.25) is 0 Å². The van der Waals surface area contributed by atoms with Crippen molar-refractivity contribution in [2.75, 3.05) is 5.73 Å². The van der Waals surface area contributed by atoms with Gasteiger partial charge in [0.15, 0.2) is 0 Å². The van der Waals surface area contributed by atoms with Gasteiger partial charge >= 0.3 is 0 Å². The number of rotatable bonds is 3. The molecule has 4 heteroatoms. The lowest BCUT2D eigenvalue weighted by Gasteiger charge is -2.24. The Hall–Kier alpha value is -1.97. The van der Waals surface area contributed by atoms with Gasteiger partial charge in [-0.1, -0.05) is 13.0 Å². The molecule has 0 saturated carbocycles. The molecular formula is C16H20N4. The van der Waals surface area contributed by atoms with Crippen LogP contribution in [-0.4, -0.2) is 15.0 Å². The fourth-order valence-corrected chi connectivity index (χ4v) is 2.95. The van der Waals surface area contributed by atoms with E-state index in [1.54, 1.807) is 0 Å². The first-order valence-electron chi connectivity index (χ1n) is 7.35. The molecule has 0 amide bonds. The van der Waals surface area contributed by atoms with Gasteiger partial charge in [0.25, 0.3) is 0 Å². The van der Waals surface area contributed by atoms with Gasteiger partial charge in [-0.2, -0.15) is 0 Å². The molecule has 4 nitrogen and oxygen atoms in total. The van der Waals surface area contributed by atoms with Crippen LogP contribution in [0.5, 0.6) is 0 Å². The Morgan fingerprint density at radius 1 is 1.35 bits per heavy atom. The molecule has 1 aliphatic carbocycles. The maximum Gasteiger partial charge on any atom is 0.131 e. The molecule has 0 aliphatic heterocycles. The Balaban J connectivity index is 2.01. The van der Waals surface area contributed by atoms with E-state index >= 15 is 0 Å². The Morgan fingerprint density at radius 2 is 2.25 bits per heavy atom. The van der Waals surface area contributed by atoms with Crippen LogP contribution in [-0.2, 0) is 12.8 Å². The number of hydrogen-bond donors (Lipinski definition) is 1. The van der Waals surface area contributed by atoms with E-state index in [-0.39, 0.29) is 5.92 Å². The maximum absolute atomic E-state index is 5.94. The molecule has 2 aromatic heterocycles. The van der Waals surface area contributed by atoms with Gasteiger partial charge in [0.1, 0.15) is 11.6 Å². The molecule has 1 atom stereocenters. The molecule has 104 valence electrons. The zero-order chi connectivity index (χ0) is 13.9. The summed E-state index contributed by atoms with van der Waals surface area (Å²) in [6.45, 7) is 2.13. The van der Waals surface area contributed by atoms with Crippen LogP contribution < -0.4 is 5.73 Å². The fraction of sp³-hybridized carbons (Fsp3) is 0.438. The quantitative estimate of drug-likeness (QED) is 0.929. The SMILES string of the molecule is CCCc1nc(N)cc(C2CCCc3cccnc32)n1. The van der Waals surface area contributed by atoms with Gasteiger partial charge in [-0.3, -0.25) is 4.98 Å². The molecule has 0 aromatic carbocycles. The smallest absolute Gasteiger partial charge is 0.131 e. The van der Waals surface area contributed by atoms with Gasteiger partial charge in [0, 0.05) is 24.6 Å². The molecule has 0 bridgehead atoms. The number of nitrogens with zero attached hydrogens (tertiary/aromatic N) is 3. The molecule has 1 unspecified atom stereocenters. The van der Waals surface area contributed by atoms with E-state index in [1.807, 2.05) is 18.3 Å². The van der Waals surface area contributed by atoms with E-state index in [0.29, 0.717) is 5.82 Å². The minimum atomic E-state index is 0.265. The molecule has 0 spiro atoms. The summed E-state index contributed by atoms with van der Waals surface area (Å²) in [4.78, 5) is 13.6. The summed E-state index contributed by atoms with van der Waals surface area (Å²) in [6.07, 6.45) is 7.15. The highest BCUT2D eigenvalue weighted by atomic mass is 14.9. The van der Waals surface area contributed by atoms with Crippen LogP contribution in [0.1, 0.15) is 54.9 Å². The van der Waals surface area contributed by atoms with Gasteiger partial charge in [-0.15, -0.1) is 0 Å². The van der Waals surface area contributed by atoms with E-state index < -0.39 is 0 Å². The van der Waals surface area contributed by atoms with Crippen LogP contribution in [0.25, 0.3) is 0 Å². The number of fused-ring (bicyclic) bond motifs is 1. The van der Waals surface area contributed by atoms with E-state index in [0.717, 1.165) is 37.2 Å². The second kappa shape index (κ2) is 5.57. The van der Waals surface area contributed by atoms with E-state index in [1.165, 1.54) is 17.7 Å². The van der Waals surface area contributed by atoms with E-state index in [9.17, 15) is 0 Å². The first-order chi connectivity index (χ1) is 9.78. The number of nitrogens with two attached hydrogens (primary N) is 1. The normalized spacial score (nSPS) is 17.8. The minimum absolute atomic E-state index is 0.265. The summed E-state index contributed by atoms with van der Waals surface area (Å²) in [5, 5.41) is 0. The second-order valence-electron chi connectivity index (χ2n) is 5.38. The van der Waals surface area contributed by atoms with E-state index in [4.69, 9.17) is 10.7 Å². The number of aromatic nitrogens is 3. The Bertz CT molecular complexity index is 609. The van der Waals surface area contributed by atoms with Crippen molar-refractivity contribution in [2.45, 2.75) is 44.9 Å². The topological polar surface area (TPSA) is 64.7 Å². The summed E-state index contributed by atoms with van der Waals surface area (Å²) in [7, 11) is 0. The highest BCUT2D eigenvalue weighted by Gasteiger charge is 2.24. The lowest BCUT2D eigenvalue weighted by molar-refractivity contribution is 0.583. The van der Waals surface area contributed by atoms with Gasteiger partial charge in [-0.25, -0.2) is 9.97 Å². The third-order valence-corrected chi connectivity index (χ3v) is 3.84. The Morgan fingerprint density at radius 3 is 3.10 bits per heavy atom. The average Bonchev–Trinajstić information content (AvgIpc) is 2.46. The lowest BCUT2D eigenvalue weighted by Crippen LogP contribution is -2.15. The summed E-state index contributed by atoms with van der Waals surface area (Å²) < 4.78 is 0.